The average Bonchev–Trinajstić information content (AvgIpc) is 2.93. The zero-order valence-corrected chi connectivity index (χ0v) is 13.2. The van der Waals surface area contributed by atoms with Crippen molar-refractivity contribution >= 4 is 5.96 Å². The third-order valence-corrected chi connectivity index (χ3v) is 3.59. The topological polar surface area (TPSA) is 67.1 Å². The first-order chi connectivity index (χ1) is 9.74. The van der Waals surface area contributed by atoms with Crippen LogP contribution in [0.25, 0.3) is 0 Å². The average molecular weight is 280 g/mol. The summed E-state index contributed by atoms with van der Waals surface area (Å²) in [6.07, 6.45) is 5.07. The number of hydrogen-bond acceptors (Lipinski definition) is 3. The highest BCUT2D eigenvalue weighted by Gasteiger charge is 2.05. The Balaban J connectivity index is 2.31. The van der Waals surface area contributed by atoms with Crippen molar-refractivity contribution in [1.82, 2.24) is 25.4 Å². The molecule has 0 amide bonds. The third-order valence-electron chi connectivity index (χ3n) is 3.59. The monoisotopic (exact) mass is 280 g/mol. The zero-order valence-electron chi connectivity index (χ0n) is 13.2. The largest absolute Gasteiger partial charge is 0.356 e. The summed E-state index contributed by atoms with van der Waals surface area (Å²) in [7, 11) is 1.80. The summed E-state index contributed by atoms with van der Waals surface area (Å²) >= 11 is 0. The lowest BCUT2D eigenvalue weighted by molar-refractivity contribution is 0.480. The van der Waals surface area contributed by atoms with Crippen LogP contribution in [0.3, 0.4) is 0 Å². The van der Waals surface area contributed by atoms with Crippen LogP contribution in [0.15, 0.2) is 11.3 Å². The Labute approximate surface area is 122 Å². The van der Waals surface area contributed by atoms with Crippen LogP contribution < -0.4 is 10.6 Å². The van der Waals surface area contributed by atoms with Crippen molar-refractivity contribution in [2.45, 2.75) is 46.6 Å². The number of guanidine groups is 1. The molecule has 20 heavy (non-hydrogen) atoms. The van der Waals surface area contributed by atoms with E-state index in [1.165, 1.54) is 12.8 Å². The lowest BCUT2D eigenvalue weighted by atomic mass is 10.0. The SMILES string of the molecule is CCc1nncn1CCNC(=NC)NCC(CC)CC. The summed E-state index contributed by atoms with van der Waals surface area (Å²) in [5.74, 6) is 2.59. The van der Waals surface area contributed by atoms with E-state index in [2.05, 4.69) is 51.2 Å². The fourth-order valence-corrected chi connectivity index (χ4v) is 2.07. The number of nitrogens with one attached hydrogen (secondary N) is 2. The number of aromatic nitrogens is 3. The molecule has 0 aromatic carbocycles. The Kier molecular flexibility index (Phi) is 7.69. The number of aryl methyl sites for hydroxylation is 1. The predicted molar refractivity (Wildman–Crippen MR) is 82.8 cm³/mol. The highest BCUT2D eigenvalue weighted by Crippen LogP contribution is 2.04. The van der Waals surface area contributed by atoms with Crippen LogP contribution in [0.5, 0.6) is 0 Å². The second kappa shape index (κ2) is 9.34. The molecule has 1 heterocycles. The van der Waals surface area contributed by atoms with Gasteiger partial charge in [-0.3, -0.25) is 4.99 Å². The lowest BCUT2D eigenvalue weighted by Crippen LogP contribution is -2.41. The third kappa shape index (κ3) is 5.19. The minimum Gasteiger partial charge on any atom is -0.356 e. The van der Waals surface area contributed by atoms with E-state index in [0.29, 0.717) is 5.92 Å². The van der Waals surface area contributed by atoms with Crippen LogP contribution in [0.2, 0.25) is 0 Å². The Morgan fingerprint density at radius 3 is 2.65 bits per heavy atom. The summed E-state index contributed by atoms with van der Waals surface area (Å²) < 4.78 is 2.07. The predicted octanol–water partition coefficient (Wildman–Crippen LogP) is 1.44. The van der Waals surface area contributed by atoms with Gasteiger partial charge in [-0.2, -0.15) is 0 Å². The van der Waals surface area contributed by atoms with E-state index in [9.17, 15) is 0 Å². The molecule has 0 fully saturated rings. The summed E-state index contributed by atoms with van der Waals surface area (Å²) in [6.45, 7) is 9.17. The molecule has 0 unspecified atom stereocenters. The number of rotatable bonds is 8. The normalized spacial score (nSPS) is 11.9. The molecule has 0 bridgehead atoms. The van der Waals surface area contributed by atoms with Gasteiger partial charge in [0.15, 0.2) is 5.96 Å². The number of aliphatic imine (C=N–C) groups is 1. The molecule has 1 aromatic rings. The van der Waals surface area contributed by atoms with Gasteiger partial charge in [-0.05, 0) is 5.92 Å². The Morgan fingerprint density at radius 2 is 2.05 bits per heavy atom. The van der Waals surface area contributed by atoms with Crippen molar-refractivity contribution in [3.8, 4) is 0 Å². The molecule has 0 aliphatic carbocycles. The van der Waals surface area contributed by atoms with Gasteiger partial charge < -0.3 is 15.2 Å². The van der Waals surface area contributed by atoms with E-state index < -0.39 is 0 Å². The van der Waals surface area contributed by atoms with Gasteiger partial charge in [0.05, 0.1) is 0 Å². The fraction of sp³-hybridized carbons (Fsp3) is 0.786. The van der Waals surface area contributed by atoms with Crippen molar-refractivity contribution in [3.05, 3.63) is 12.2 Å². The molecule has 1 rings (SSSR count). The first kappa shape index (κ1) is 16.5. The van der Waals surface area contributed by atoms with Crippen LogP contribution in [0.4, 0.5) is 0 Å². The molecule has 0 aliphatic heterocycles. The summed E-state index contributed by atoms with van der Waals surface area (Å²) in [5.41, 5.74) is 0. The Bertz CT molecular complexity index is 394. The van der Waals surface area contributed by atoms with E-state index in [1.807, 2.05) is 0 Å². The number of nitrogens with zero attached hydrogens (tertiary/aromatic N) is 4. The van der Waals surface area contributed by atoms with Crippen LogP contribution in [0.1, 0.15) is 39.4 Å². The molecule has 6 nitrogen and oxygen atoms in total. The molecule has 0 saturated carbocycles. The molecule has 0 radical (unpaired) electrons. The van der Waals surface area contributed by atoms with Gasteiger partial charge in [0.2, 0.25) is 0 Å². The minimum absolute atomic E-state index is 0.707. The zero-order chi connectivity index (χ0) is 14.8. The van der Waals surface area contributed by atoms with Crippen LogP contribution in [-0.4, -0.2) is 40.9 Å². The van der Waals surface area contributed by atoms with E-state index >= 15 is 0 Å². The summed E-state index contributed by atoms with van der Waals surface area (Å²) in [6, 6.07) is 0. The standard InChI is InChI=1S/C14H28N6/c1-5-12(6-2)10-17-14(15-4)16-8-9-20-11-18-19-13(20)7-3/h11-12H,5-10H2,1-4H3,(H2,15,16,17). The molecule has 6 heteroatoms. The second-order valence-electron chi connectivity index (χ2n) is 4.86. The summed E-state index contributed by atoms with van der Waals surface area (Å²) in [4.78, 5) is 4.24. The number of hydrogen-bond donors (Lipinski definition) is 2. The van der Waals surface area contributed by atoms with Gasteiger partial charge in [-0.15, -0.1) is 10.2 Å². The lowest BCUT2D eigenvalue weighted by Gasteiger charge is -2.17. The van der Waals surface area contributed by atoms with Crippen LogP contribution in [0, 0.1) is 5.92 Å². The molecular weight excluding hydrogens is 252 g/mol. The van der Waals surface area contributed by atoms with Gasteiger partial charge in [0.25, 0.3) is 0 Å². The maximum atomic E-state index is 4.24. The molecule has 1 aromatic heterocycles. The first-order valence-corrected chi connectivity index (χ1v) is 7.56. The second-order valence-corrected chi connectivity index (χ2v) is 4.86. The van der Waals surface area contributed by atoms with Crippen molar-refractivity contribution in [2.24, 2.45) is 10.9 Å². The Morgan fingerprint density at radius 1 is 1.30 bits per heavy atom. The van der Waals surface area contributed by atoms with Crippen LogP contribution >= 0.6 is 0 Å². The maximum Gasteiger partial charge on any atom is 0.191 e. The van der Waals surface area contributed by atoms with Gasteiger partial charge in [0, 0.05) is 33.1 Å². The van der Waals surface area contributed by atoms with E-state index in [0.717, 1.165) is 37.8 Å². The molecule has 114 valence electrons. The highest BCUT2D eigenvalue weighted by atomic mass is 15.3. The smallest absolute Gasteiger partial charge is 0.191 e. The van der Waals surface area contributed by atoms with Crippen molar-refractivity contribution in [3.63, 3.8) is 0 Å². The molecular formula is C14H28N6. The molecule has 0 spiro atoms. The van der Waals surface area contributed by atoms with E-state index in [1.54, 1.807) is 13.4 Å². The summed E-state index contributed by atoms with van der Waals surface area (Å²) in [5, 5.41) is 14.7. The maximum absolute atomic E-state index is 4.24. The molecule has 0 atom stereocenters. The van der Waals surface area contributed by atoms with Gasteiger partial charge in [-0.1, -0.05) is 33.6 Å². The van der Waals surface area contributed by atoms with Crippen molar-refractivity contribution in [1.29, 1.82) is 0 Å². The van der Waals surface area contributed by atoms with Crippen LogP contribution in [-0.2, 0) is 13.0 Å². The van der Waals surface area contributed by atoms with Crippen molar-refractivity contribution < 1.29 is 0 Å². The first-order valence-electron chi connectivity index (χ1n) is 7.56. The molecule has 0 aliphatic rings. The molecule has 0 saturated heterocycles. The quantitative estimate of drug-likeness (QED) is 0.558. The van der Waals surface area contributed by atoms with Gasteiger partial charge in [0.1, 0.15) is 12.2 Å². The van der Waals surface area contributed by atoms with E-state index in [4.69, 9.17) is 0 Å². The molecule has 2 N–H and O–H groups in total. The van der Waals surface area contributed by atoms with E-state index in [-0.39, 0.29) is 0 Å². The van der Waals surface area contributed by atoms with Gasteiger partial charge >= 0.3 is 0 Å². The fourth-order valence-electron chi connectivity index (χ4n) is 2.07. The minimum atomic E-state index is 0.707. The van der Waals surface area contributed by atoms with Crippen molar-refractivity contribution in [2.75, 3.05) is 20.1 Å². The highest BCUT2D eigenvalue weighted by molar-refractivity contribution is 5.79. The Hall–Kier alpha value is -1.59. The van der Waals surface area contributed by atoms with Gasteiger partial charge in [-0.25, -0.2) is 0 Å².